The van der Waals surface area contributed by atoms with Gasteiger partial charge in [0.2, 0.25) is 16.7 Å². The van der Waals surface area contributed by atoms with Crippen LogP contribution in [0.2, 0.25) is 0 Å². The molecule has 156 valence electrons. The number of fused-ring (bicyclic) bond motifs is 1. The van der Waals surface area contributed by atoms with Crippen molar-refractivity contribution in [2.75, 3.05) is 20.2 Å². The fourth-order valence-electron chi connectivity index (χ4n) is 3.92. The van der Waals surface area contributed by atoms with Crippen LogP contribution in [-0.4, -0.2) is 50.8 Å². The Hall–Kier alpha value is -3.11. The molecule has 0 unspecified atom stereocenters. The predicted octanol–water partition coefficient (Wildman–Crippen LogP) is 3.32. The molecule has 0 amide bonds. The lowest BCUT2D eigenvalue weighted by atomic mass is 9.95. The summed E-state index contributed by atoms with van der Waals surface area (Å²) in [4.78, 5) is 19.8. The van der Waals surface area contributed by atoms with E-state index in [2.05, 4.69) is 15.0 Å². The molecular weight excluding hydrogens is 408 g/mol. The van der Waals surface area contributed by atoms with Gasteiger partial charge in [0.1, 0.15) is 11.8 Å². The lowest BCUT2D eigenvalue weighted by Crippen LogP contribution is -2.39. The first kappa shape index (κ1) is 18.9. The van der Waals surface area contributed by atoms with Gasteiger partial charge in [0, 0.05) is 13.1 Å². The van der Waals surface area contributed by atoms with Crippen molar-refractivity contribution in [2.45, 2.75) is 18.9 Å². The van der Waals surface area contributed by atoms with E-state index in [4.69, 9.17) is 13.6 Å². The average Bonchev–Trinajstić information content (AvgIpc) is 3.56. The number of ether oxygens (including phenoxy) is 1. The number of carbonyl (C=O) groups excluding carboxylic acids is 1. The van der Waals surface area contributed by atoms with Gasteiger partial charge in [0.05, 0.1) is 30.4 Å². The summed E-state index contributed by atoms with van der Waals surface area (Å²) < 4.78 is 17.4. The number of nitrogens with zero attached hydrogens (tertiary/aromatic N) is 4. The maximum atomic E-state index is 11.9. The van der Waals surface area contributed by atoms with Crippen LogP contribution in [0.5, 0.6) is 5.88 Å². The molecule has 5 heterocycles. The number of carbonyl (C=O) groups is 1. The Labute approximate surface area is 175 Å². The molecule has 1 N–H and O–H groups in total. The monoisotopic (exact) mass is 428 g/mol. The van der Waals surface area contributed by atoms with E-state index in [0.717, 1.165) is 5.76 Å². The molecule has 1 saturated heterocycles. The molecule has 10 heteroatoms. The molecule has 4 aromatic rings. The molecule has 1 atom stereocenters. The Kier molecular flexibility index (Phi) is 4.80. The first-order valence-electron chi connectivity index (χ1n) is 9.63. The van der Waals surface area contributed by atoms with Gasteiger partial charge in [-0.2, -0.15) is 9.50 Å². The topological polar surface area (TPSA) is 106 Å². The van der Waals surface area contributed by atoms with E-state index < -0.39 is 0 Å². The van der Waals surface area contributed by atoms with E-state index in [-0.39, 0.29) is 23.8 Å². The number of hydrogen-bond acceptors (Lipinski definition) is 9. The fraction of sp³-hybridized carbons (Fsp3) is 0.350. The molecule has 0 radical (unpaired) electrons. The number of piperidine rings is 1. The van der Waals surface area contributed by atoms with Crippen molar-refractivity contribution in [3.63, 3.8) is 0 Å². The van der Waals surface area contributed by atoms with Crippen molar-refractivity contribution in [1.29, 1.82) is 0 Å². The smallest absolute Gasteiger partial charge is 0.308 e. The van der Waals surface area contributed by atoms with Crippen LogP contribution in [0.4, 0.5) is 0 Å². The lowest BCUT2D eigenvalue weighted by Gasteiger charge is -2.35. The number of aromatic nitrogens is 3. The zero-order chi connectivity index (χ0) is 20.7. The van der Waals surface area contributed by atoms with Gasteiger partial charge < -0.3 is 18.7 Å². The largest absolute Gasteiger partial charge is 0.492 e. The summed E-state index contributed by atoms with van der Waals surface area (Å²) in [6.07, 6.45) is 4.55. The van der Waals surface area contributed by atoms with Crippen molar-refractivity contribution in [1.82, 2.24) is 19.5 Å². The maximum Gasteiger partial charge on any atom is 0.308 e. The van der Waals surface area contributed by atoms with Gasteiger partial charge in [-0.15, -0.1) is 5.10 Å². The zero-order valence-electron chi connectivity index (χ0n) is 16.2. The number of likely N-dealkylation sites (tertiary alicyclic amines) is 1. The maximum absolute atomic E-state index is 11.9. The van der Waals surface area contributed by atoms with Crippen LogP contribution < -0.4 is 0 Å². The molecule has 0 aliphatic carbocycles. The quantitative estimate of drug-likeness (QED) is 0.483. The lowest BCUT2D eigenvalue weighted by molar-refractivity contribution is -0.147. The molecule has 4 aromatic heterocycles. The Bertz CT molecular complexity index is 1140. The van der Waals surface area contributed by atoms with Gasteiger partial charge >= 0.3 is 5.97 Å². The normalized spacial score (nSPS) is 16.8. The van der Waals surface area contributed by atoms with E-state index in [1.807, 2.05) is 12.1 Å². The van der Waals surface area contributed by atoms with Gasteiger partial charge in [-0.1, -0.05) is 11.3 Å². The van der Waals surface area contributed by atoms with Crippen molar-refractivity contribution >= 4 is 22.3 Å². The standard InChI is InChI=1S/C20H20N4O5S/c1-27-19(26)12-6-8-23(9-7-12)15(13-4-2-10-28-13)16-18(25)24-20(30-16)21-17(22-24)14-5-3-11-29-14/h2-5,10-12,15,25H,6-9H2,1H3/t15-/m0/s1. The van der Waals surface area contributed by atoms with Gasteiger partial charge in [-0.3, -0.25) is 9.69 Å². The number of thiazole rings is 1. The minimum Gasteiger partial charge on any atom is -0.492 e. The van der Waals surface area contributed by atoms with E-state index in [0.29, 0.717) is 47.4 Å². The Morgan fingerprint density at radius 2 is 2.03 bits per heavy atom. The van der Waals surface area contributed by atoms with Gasteiger partial charge in [-0.25, -0.2) is 0 Å². The molecule has 0 saturated carbocycles. The molecule has 0 aromatic carbocycles. The molecule has 0 spiro atoms. The van der Waals surface area contributed by atoms with Crippen LogP contribution in [0, 0.1) is 5.92 Å². The average molecular weight is 428 g/mol. The minimum atomic E-state index is -0.292. The van der Waals surface area contributed by atoms with E-state index in [1.54, 1.807) is 24.7 Å². The predicted molar refractivity (Wildman–Crippen MR) is 107 cm³/mol. The highest BCUT2D eigenvalue weighted by molar-refractivity contribution is 7.17. The molecule has 9 nitrogen and oxygen atoms in total. The van der Waals surface area contributed by atoms with Gasteiger partial charge in [-0.05, 0) is 37.1 Å². The number of furan rings is 2. The summed E-state index contributed by atoms with van der Waals surface area (Å²) in [5.74, 6) is 1.43. The summed E-state index contributed by atoms with van der Waals surface area (Å²) in [7, 11) is 1.42. The van der Waals surface area contributed by atoms with Crippen LogP contribution in [0.3, 0.4) is 0 Å². The molecule has 5 rings (SSSR count). The van der Waals surface area contributed by atoms with Crippen molar-refractivity contribution in [3.8, 4) is 17.5 Å². The highest BCUT2D eigenvalue weighted by atomic mass is 32.1. The SMILES string of the molecule is COC(=O)C1CCN([C@@H](c2ccco2)c2sc3nc(-c4ccco4)nn3c2O)CC1. The van der Waals surface area contributed by atoms with Gasteiger partial charge in [0.15, 0.2) is 5.76 Å². The van der Waals surface area contributed by atoms with E-state index >= 15 is 0 Å². The molecule has 30 heavy (non-hydrogen) atoms. The summed E-state index contributed by atoms with van der Waals surface area (Å²) in [5.41, 5.74) is 0. The summed E-state index contributed by atoms with van der Waals surface area (Å²) in [6.45, 7) is 1.35. The zero-order valence-corrected chi connectivity index (χ0v) is 17.0. The van der Waals surface area contributed by atoms with E-state index in [1.165, 1.54) is 23.0 Å². The molecular formula is C20H20N4O5S. The van der Waals surface area contributed by atoms with E-state index in [9.17, 15) is 9.90 Å². The number of hydrogen-bond donors (Lipinski definition) is 1. The number of esters is 1. The van der Waals surface area contributed by atoms with Crippen molar-refractivity contribution in [3.05, 3.63) is 47.4 Å². The van der Waals surface area contributed by atoms with Gasteiger partial charge in [0.25, 0.3) is 0 Å². The third-order valence-electron chi connectivity index (χ3n) is 5.43. The Balaban J connectivity index is 1.48. The van der Waals surface area contributed by atoms with Crippen LogP contribution in [0.15, 0.2) is 45.6 Å². The second-order valence-corrected chi connectivity index (χ2v) is 8.16. The van der Waals surface area contributed by atoms with Crippen molar-refractivity contribution in [2.24, 2.45) is 5.92 Å². The highest BCUT2D eigenvalue weighted by Gasteiger charge is 2.35. The first-order valence-corrected chi connectivity index (χ1v) is 10.4. The molecule has 1 fully saturated rings. The molecule has 0 bridgehead atoms. The highest BCUT2D eigenvalue weighted by Crippen LogP contribution is 2.42. The number of aromatic hydroxyl groups is 1. The summed E-state index contributed by atoms with van der Waals surface area (Å²) in [5, 5.41) is 15.4. The van der Waals surface area contributed by atoms with Crippen LogP contribution in [0.25, 0.3) is 16.5 Å². The Morgan fingerprint density at radius 3 is 2.67 bits per heavy atom. The Morgan fingerprint density at radius 1 is 1.27 bits per heavy atom. The van der Waals surface area contributed by atoms with Crippen LogP contribution in [-0.2, 0) is 9.53 Å². The van der Waals surface area contributed by atoms with Crippen LogP contribution in [0.1, 0.15) is 29.5 Å². The number of rotatable bonds is 5. The third kappa shape index (κ3) is 3.17. The van der Waals surface area contributed by atoms with Crippen LogP contribution >= 0.6 is 11.3 Å². The third-order valence-corrected chi connectivity index (χ3v) is 6.50. The second-order valence-electron chi connectivity index (χ2n) is 7.15. The summed E-state index contributed by atoms with van der Waals surface area (Å²) >= 11 is 1.36. The second kappa shape index (κ2) is 7.62. The molecule has 1 aliphatic rings. The minimum absolute atomic E-state index is 0.0248. The van der Waals surface area contributed by atoms with Crippen molar-refractivity contribution < 1.29 is 23.5 Å². The first-order chi connectivity index (χ1) is 14.7. The number of methoxy groups -OCH3 is 1. The summed E-state index contributed by atoms with van der Waals surface area (Å²) in [6, 6.07) is 6.96. The fourth-order valence-corrected chi connectivity index (χ4v) is 5.02. The molecule has 1 aliphatic heterocycles.